The van der Waals surface area contributed by atoms with Crippen LogP contribution in [0, 0.1) is 5.82 Å². The molecule has 1 aliphatic heterocycles. The zero-order chi connectivity index (χ0) is 21.8. The van der Waals surface area contributed by atoms with Gasteiger partial charge in [-0.3, -0.25) is 4.98 Å². The molecular weight excluding hydrogens is 379 g/mol. The third kappa shape index (κ3) is 7.38. The standard InChI is InChI=1S/C21H31FN2O5/c1-20(2,3)29-19(26)24-9-6-14(7-10-24)18-16(22)12-15(13-23-18)17(25)8-11-28-21(4,5)27/h6,12-13,17,25,27H,7-11H2,1-5H3/t17-/m0/s1. The summed E-state index contributed by atoms with van der Waals surface area (Å²) in [6, 6.07) is 1.26. The minimum Gasteiger partial charge on any atom is -0.444 e. The number of carbonyl (C=O) groups is 1. The average molecular weight is 410 g/mol. The third-order valence-corrected chi connectivity index (χ3v) is 4.26. The predicted octanol–water partition coefficient (Wildman–Crippen LogP) is 3.41. The van der Waals surface area contributed by atoms with Crippen LogP contribution >= 0.6 is 0 Å². The lowest BCUT2D eigenvalue weighted by molar-refractivity contribution is -0.179. The summed E-state index contributed by atoms with van der Waals surface area (Å²) in [4.78, 5) is 17.9. The number of amides is 1. The molecule has 0 spiro atoms. The Hall–Kier alpha value is -2.03. The molecule has 8 heteroatoms. The first-order valence-corrected chi connectivity index (χ1v) is 9.73. The second-order valence-electron chi connectivity index (χ2n) is 8.60. The normalized spacial score (nSPS) is 16.4. The molecule has 2 rings (SSSR count). The molecule has 0 saturated carbocycles. The average Bonchev–Trinajstić information content (AvgIpc) is 2.59. The van der Waals surface area contributed by atoms with Crippen molar-refractivity contribution in [2.24, 2.45) is 0 Å². The molecule has 162 valence electrons. The zero-order valence-corrected chi connectivity index (χ0v) is 17.7. The maximum Gasteiger partial charge on any atom is 0.410 e. The third-order valence-electron chi connectivity index (χ3n) is 4.26. The lowest BCUT2D eigenvalue weighted by atomic mass is 10.0. The number of ether oxygens (including phenoxy) is 2. The van der Waals surface area contributed by atoms with Gasteiger partial charge in [-0.05, 0) is 52.7 Å². The highest BCUT2D eigenvalue weighted by Crippen LogP contribution is 2.26. The van der Waals surface area contributed by atoms with E-state index in [0.717, 1.165) is 0 Å². The van der Waals surface area contributed by atoms with Crippen molar-refractivity contribution in [3.8, 4) is 0 Å². The van der Waals surface area contributed by atoms with Gasteiger partial charge in [0.05, 0.1) is 12.7 Å². The first-order chi connectivity index (χ1) is 13.4. The Morgan fingerprint density at radius 1 is 1.34 bits per heavy atom. The van der Waals surface area contributed by atoms with Crippen LogP contribution < -0.4 is 0 Å². The summed E-state index contributed by atoms with van der Waals surface area (Å²) in [6.45, 7) is 9.28. The van der Waals surface area contributed by atoms with Crippen molar-refractivity contribution in [1.82, 2.24) is 9.88 Å². The number of nitrogens with zero attached hydrogens (tertiary/aromatic N) is 2. The van der Waals surface area contributed by atoms with Gasteiger partial charge in [-0.1, -0.05) is 6.08 Å². The fourth-order valence-electron chi connectivity index (χ4n) is 2.83. The number of rotatable bonds is 6. The second kappa shape index (κ2) is 9.19. The Bertz CT molecular complexity index is 752. The topological polar surface area (TPSA) is 92.1 Å². The first kappa shape index (κ1) is 23.3. The number of hydrogen-bond acceptors (Lipinski definition) is 6. The van der Waals surface area contributed by atoms with E-state index in [2.05, 4.69) is 4.98 Å². The van der Waals surface area contributed by atoms with Crippen molar-refractivity contribution in [3.63, 3.8) is 0 Å². The lowest BCUT2D eigenvalue weighted by Gasteiger charge is -2.29. The Labute approximate surface area is 171 Å². The van der Waals surface area contributed by atoms with Crippen molar-refractivity contribution in [2.75, 3.05) is 19.7 Å². The van der Waals surface area contributed by atoms with Gasteiger partial charge in [0.1, 0.15) is 17.1 Å². The Morgan fingerprint density at radius 3 is 2.55 bits per heavy atom. The summed E-state index contributed by atoms with van der Waals surface area (Å²) in [5.41, 5.74) is 0.715. The van der Waals surface area contributed by atoms with Gasteiger partial charge in [0.2, 0.25) is 0 Å². The van der Waals surface area contributed by atoms with E-state index in [1.165, 1.54) is 26.1 Å². The summed E-state index contributed by atoms with van der Waals surface area (Å²) >= 11 is 0. The van der Waals surface area contributed by atoms with Gasteiger partial charge >= 0.3 is 6.09 Å². The molecule has 29 heavy (non-hydrogen) atoms. The number of aromatic nitrogens is 1. The number of pyridine rings is 1. The Balaban J connectivity index is 1.99. The van der Waals surface area contributed by atoms with Crippen LogP contribution in [0.2, 0.25) is 0 Å². The molecule has 7 nitrogen and oxygen atoms in total. The monoisotopic (exact) mass is 410 g/mol. The Kier molecular flexibility index (Phi) is 7.37. The smallest absolute Gasteiger partial charge is 0.410 e. The van der Waals surface area contributed by atoms with Gasteiger partial charge in [0.25, 0.3) is 0 Å². The van der Waals surface area contributed by atoms with E-state index >= 15 is 0 Å². The van der Waals surface area contributed by atoms with E-state index in [0.29, 0.717) is 30.6 Å². The molecule has 1 amide bonds. The fraction of sp³-hybridized carbons (Fsp3) is 0.619. The van der Waals surface area contributed by atoms with Crippen LogP contribution in [0.1, 0.15) is 64.8 Å². The molecule has 1 atom stereocenters. The van der Waals surface area contributed by atoms with Crippen LogP contribution in [0.3, 0.4) is 0 Å². The summed E-state index contributed by atoms with van der Waals surface area (Å²) < 4.78 is 25.1. The fourth-order valence-corrected chi connectivity index (χ4v) is 2.83. The van der Waals surface area contributed by atoms with E-state index in [4.69, 9.17) is 9.47 Å². The van der Waals surface area contributed by atoms with E-state index in [1.54, 1.807) is 11.0 Å². The molecule has 0 aromatic carbocycles. The van der Waals surface area contributed by atoms with Crippen LogP contribution in [0.15, 0.2) is 18.3 Å². The SMILES string of the molecule is CC(C)(C)OC(=O)N1CC=C(c2ncc([C@@H](O)CCOC(C)(C)O)cc2F)CC1. The van der Waals surface area contributed by atoms with Gasteiger partial charge in [-0.15, -0.1) is 0 Å². The molecule has 0 bridgehead atoms. The summed E-state index contributed by atoms with van der Waals surface area (Å²) in [5.74, 6) is -1.81. The van der Waals surface area contributed by atoms with Crippen LogP contribution in [0.4, 0.5) is 9.18 Å². The molecule has 0 unspecified atom stereocenters. The minimum atomic E-state index is -1.28. The quantitative estimate of drug-likeness (QED) is 0.699. The number of carbonyl (C=O) groups excluding carboxylic acids is 1. The second-order valence-corrected chi connectivity index (χ2v) is 8.60. The van der Waals surface area contributed by atoms with Crippen molar-refractivity contribution >= 4 is 11.7 Å². The highest BCUT2D eigenvalue weighted by Gasteiger charge is 2.25. The molecule has 0 saturated heterocycles. The van der Waals surface area contributed by atoms with Gasteiger partial charge in [-0.25, -0.2) is 9.18 Å². The first-order valence-electron chi connectivity index (χ1n) is 9.73. The van der Waals surface area contributed by atoms with Gasteiger partial charge in [0.15, 0.2) is 5.79 Å². The van der Waals surface area contributed by atoms with E-state index in [9.17, 15) is 19.4 Å². The number of aliphatic hydroxyl groups is 2. The Morgan fingerprint density at radius 2 is 2.03 bits per heavy atom. The summed E-state index contributed by atoms with van der Waals surface area (Å²) in [5, 5.41) is 19.7. The molecule has 0 aliphatic carbocycles. The molecule has 1 aromatic heterocycles. The molecule has 1 aromatic rings. The van der Waals surface area contributed by atoms with E-state index in [-0.39, 0.29) is 18.7 Å². The minimum absolute atomic E-state index is 0.125. The molecule has 1 aliphatic rings. The van der Waals surface area contributed by atoms with Gasteiger partial charge in [0, 0.05) is 31.3 Å². The number of halogens is 1. The van der Waals surface area contributed by atoms with E-state index in [1.807, 2.05) is 20.8 Å². The largest absolute Gasteiger partial charge is 0.444 e. The van der Waals surface area contributed by atoms with Crippen molar-refractivity contribution in [3.05, 3.63) is 35.4 Å². The summed E-state index contributed by atoms with van der Waals surface area (Å²) in [7, 11) is 0. The van der Waals surface area contributed by atoms with Crippen molar-refractivity contribution < 1.29 is 28.9 Å². The maximum atomic E-state index is 14.6. The molecule has 2 heterocycles. The van der Waals surface area contributed by atoms with Crippen molar-refractivity contribution in [1.29, 1.82) is 0 Å². The highest BCUT2D eigenvalue weighted by atomic mass is 19.1. The molecule has 2 N–H and O–H groups in total. The molecule has 0 fully saturated rings. The van der Waals surface area contributed by atoms with Gasteiger partial charge < -0.3 is 24.6 Å². The maximum absolute atomic E-state index is 14.6. The number of hydrogen-bond donors (Lipinski definition) is 2. The number of aliphatic hydroxyl groups excluding tert-OH is 1. The van der Waals surface area contributed by atoms with Crippen LogP contribution in [-0.4, -0.2) is 57.3 Å². The molecular formula is C21H31FN2O5. The van der Waals surface area contributed by atoms with Crippen LogP contribution in [0.25, 0.3) is 5.57 Å². The van der Waals surface area contributed by atoms with E-state index < -0.39 is 29.4 Å². The predicted molar refractivity (Wildman–Crippen MR) is 106 cm³/mol. The highest BCUT2D eigenvalue weighted by molar-refractivity contribution is 5.72. The van der Waals surface area contributed by atoms with Crippen molar-refractivity contribution in [2.45, 2.75) is 65.0 Å². The molecule has 0 radical (unpaired) electrons. The zero-order valence-electron chi connectivity index (χ0n) is 17.7. The summed E-state index contributed by atoms with van der Waals surface area (Å²) in [6.07, 6.45) is 2.53. The van der Waals surface area contributed by atoms with Crippen LogP contribution in [-0.2, 0) is 9.47 Å². The van der Waals surface area contributed by atoms with Crippen LogP contribution in [0.5, 0.6) is 0 Å². The lowest BCUT2D eigenvalue weighted by Crippen LogP contribution is -2.39. The van der Waals surface area contributed by atoms with Gasteiger partial charge in [-0.2, -0.15) is 0 Å².